The van der Waals surface area contributed by atoms with Gasteiger partial charge in [0.15, 0.2) is 5.15 Å². The molecule has 3 aromatic rings. The fourth-order valence-corrected chi connectivity index (χ4v) is 3.43. The molecule has 0 spiro atoms. The molecule has 0 amide bonds. The number of hydrogen-bond donors (Lipinski definition) is 0. The third kappa shape index (κ3) is 2.87. The van der Waals surface area contributed by atoms with Crippen LogP contribution in [-0.4, -0.2) is 23.4 Å². The van der Waals surface area contributed by atoms with Crippen molar-refractivity contribution in [3.63, 3.8) is 0 Å². The van der Waals surface area contributed by atoms with E-state index in [0.29, 0.717) is 11.1 Å². The summed E-state index contributed by atoms with van der Waals surface area (Å²) < 4.78 is 18.6. The Hall–Kier alpha value is -2.04. The number of benzene rings is 2. The van der Waals surface area contributed by atoms with Gasteiger partial charge in [-0.3, -0.25) is 0 Å². The molecule has 5 heteroatoms. The molecule has 24 heavy (non-hydrogen) atoms. The average Bonchev–Trinajstić information content (AvgIpc) is 2.63. The van der Waals surface area contributed by atoms with E-state index < -0.39 is 0 Å². The van der Waals surface area contributed by atoms with Gasteiger partial charge < -0.3 is 4.74 Å². The van der Waals surface area contributed by atoms with Gasteiger partial charge in [0.05, 0.1) is 5.69 Å². The summed E-state index contributed by atoms with van der Waals surface area (Å²) in [6.07, 6.45) is 1.90. The van der Waals surface area contributed by atoms with Crippen LogP contribution in [0.3, 0.4) is 0 Å². The zero-order valence-corrected chi connectivity index (χ0v) is 13.8. The molecule has 2 aromatic carbocycles. The molecule has 1 saturated heterocycles. The van der Waals surface area contributed by atoms with Crippen LogP contribution in [0.1, 0.15) is 24.5 Å². The van der Waals surface area contributed by atoms with Gasteiger partial charge in [-0.2, -0.15) is 5.10 Å². The summed E-state index contributed by atoms with van der Waals surface area (Å²) in [5.41, 5.74) is 2.91. The lowest BCUT2D eigenvalue weighted by molar-refractivity contribution is 0.0846. The van der Waals surface area contributed by atoms with Crippen molar-refractivity contribution in [2.45, 2.75) is 18.8 Å². The van der Waals surface area contributed by atoms with Crippen molar-refractivity contribution < 1.29 is 9.13 Å². The van der Waals surface area contributed by atoms with Crippen LogP contribution >= 0.6 is 11.6 Å². The predicted molar refractivity (Wildman–Crippen MR) is 92.7 cm³/mol. The summed E-state index contributed by atoms with van der Waals surface area (Å²) in [6.45, 7) is 1.51. The number of aromatic nitrogens is 2. The summed E-state index contributed by atoms with van der Waals surface area (Å²) in [4.78, 5) is 0. The highest BCUT2D eigenvalue weighted by Gasteiger charge is 2.21. The standard InChI is InChI=1S/C19H16ClFN2O/c20-19-17-11-14(12-1-4-15(21)5-2-12)3-6-16(17)18(22-23-19)13-7-9-24-10-8-13/h1-6,11,13H,7-10H2. The maximum Gasteiger partial charge on any atom is 0.159 e. The molecule has 0 N–H and O–H groups in total. The van der Waals surface area contributed by atoms with Gasteiger partial charge in [-0.15, -0.1) is 5.10 Å². The van der Waals surface area contributed by atoms with Crippen LogP contribution in [0.15, 0.2) is 42.5 Å². The van der Waals surface area contributed by atoms with Gasteiger partial charge >= 0.3 is 0 Å². The summed E-state index contributed by atoms with van der Waals surface area (Å²) in [5.74, 6) is 0.105. The first-order valence-electron chi connectivity index (χ1n) is 8.02. The lowest BCUT2D eigenvalue weighted by atomic mass is 9.92. The normalized spacial score (nSPS) is 15.8. The highest BCUT2D eigenvalue weighted by molar-refractivity contribution is 6.34. The van der Waals surface area contributed by atoms with E-state index in [1.165, 1.54) is 12.1 Å². The van der Waals surface area contributed by atoms with E-state index in [9.17, 15) is 4.39 Å². The van der Waals surface area contributed by atoms with Crippen molar-refractivity contribution in [1.82, 2.24) is 10.2 Å². The maximum absolute atomic E-state index is 13.1. The minimum atomic E-state index is -0.245. The number of hydrogen-bond acceptors (Lipinski definition) is 3. The van der Waals surface area contributed by atoms with Gasteiger partial charge in [0.25, 0.3) is 0 Å². The second-order valence-electron chi connectivity index (χ2n) is 6.03. The number of nitrogens with zero attached hydrogens (tertiary/aromatic N) is 2. The first-order valence-corrected chi connectivity index (χ1v) is 8.40. The minimum Gasteiger partial charge on any atom is -0.381 e. The molecule has 0 bridgehead atoms. The fourth-order valence-electron chi connectivity index (χ4n) is 3.24. The van der Waals surface area contributed by atoms with Gasteiger partial charge in [0, 0.05) is 29.9 Å². The molecule has 0 unspecified atom stereocenters. The first kappa shape index (κ1) is 15.5. The molecular formula is C19H16ClFN2O. The molecule has 0 saturated carbocycles. The van der Waals surface area contributed by atoms with Crippen LogP contribution in [0.25, 0.3) is 21.9 Å². The molecule has 1 aliphatic heterocycles. The van der Waals surface area contributed by atoms with E-state index in [2.05, 4.69) is 10.2 Å². The lowest BCUT2D eigenvalue weighted by Gasteiger charge is -2.22. The van der Waals surface area contributed by atoms with Crippen molar-refractivity contribution in [3.8, 4) is 11.1 Å². The molecule has 1 aliphatic rings. The molecule has 1 aromatic heterocycles. The Morgan fingerprint density at radius 3 is 2.38 bits per heavy atom. The average molecular weight is 343 g/mol. The highest BCUT2D eigenvalue weighted by atomic mass is 35.5. The molecule has 0 radical (unpaired) electrons. The van der Waals surface area contributed by atoms with Gasteiger partial charge in [-0.1, -0.05) is 35.9 Å². The second kappa shape index (κ2) is 6.46. The minimum absolute atomic E-state index is 0.245. The smallest absolute Gasteiger partial charge is 0.159 e. The summed E-state index contributed by atoms with van der Waals surface area (Å²) in [7, 11) is 0. The van der Waals surface area contributed by atoms with Crippen LogP contribution in [0, 0.1) is 5.82 Å². The number of rotatable bonds is 2. The monoisotopic (exact) mass is 342 g/mol. The van der Waals surface area contributed by atoms with E-state index >= 15 is 0 Å². The summed E-state index contributed by atoms with van der Waals surface area (Å²) in [5, 5.41) is 10.8. The molecule has 0 atom stereocenters. The lowest BCUT2D eigenvalue weighted by Crippen LogP contribution is -2.16. The molecule has 122 valence electrons. The Bertz CT molecular complexity index is 876. The molecule has 0 aliphatic carbocycles. The molecular weight excluding hydrogens is 327 g/mol. The van der Waals surface area contributed by atoms with Crippen molar-refractivity contribution >= 4 is 22.4 Å². The topological polar surface area (TPSA) is 35.0 Å². The van der Waals surface area contributed by atoms with Gasteiger partial charge in [-0.05, 0) is 42.2 Å². The van der Waals surface area contributed by atoms with Gasteiger partial charge in [0.2, 0.25) is 0 Å². The van der Waals surface area contributed by atoms with Crippen LogP contribution < -0.4 is 0 Å². The summed E-state index contributed by atoms with van der Waals surface area (Å²) >= 11 is 6.29. The van der Waals surface area contributed by atoms with Crippen molar-refractivity contribution in [3.05, 3.63) is 59.1 Å². The van der Waals surface area contributed by atoms with Gasteiger partial charge in [0.1, 0.15) is 5.82 Å². The Labute approximate surface area is 144 Å². The summed E-state index contributed by atoms with van der Waals surface area (Å²) in [6, 6.07) is 12.5. The first-order chi connectivity index (χ1) is 11.7. The van der Waals surface area contributed by atoms with E-state index in [1.807, 2.05) is 18.2 Å². The van der Waals surface area contributed by atoms with Crippen LogP contribution in [0.4, 0.5) is 4.39 Å². The van der Waals surface area contributed by atoms with Crippen molar-refractivity contribution in [1.29, 1.82) is 0 Å². The van der Waals surface area contributed by atoms with Crippen LogP contribution in [0.2, 0.25) is 5.15 Å². The molecule has 3 nitrogen and oxygen atoms in total. The number of halogens is 2. The Morgan fingerprint density at radius 1 is 0.917 bits per heavy atom. The quantitative estimate of drug-likeness (QED) is 0.658. The molecule has 4 rings (SSSR count). The number of fused-ring (bicyclic) bond motifs is 1. The van der Waals surface area contributed by atoms with Crippen LogP contribution in [-0.2, 0) is 4.74 Å². The number of ether oxygens (including phenoxy) is 1. The Kier molecular flexibility index (Phi) is 4.17. The van der Waals surface area contributed by atoms with Crippen molar-refractivity contribution in [2.75, 3.05) is 13.2 Å². The van der Waals surface area contributed by atoms with Crippen LogP contribution in [0.5, 0.6) is 0 Å². The third-order valence-corrected chi connectivity index (χ3v) is 4.83. The SMILES string of the molecule is Fc1ccc(-c2ccc3c(C4CCOCC4)nnc(Cl)c3c2)cc1. The van der Waals surface area contributed by atoms with E-state index in [4.69, 9.17) is 16.3 Å². The second-order valence-corrected chi connectivity index (χ2v) is 6.39. The third-order valence-electron chi connectivity index (χ3n) is 4.55. The Balaban J connectivity index is 1.81. The van der Waals surface area contributed by atoms with E-state index in [0.717, 1.165) is 53.6 Å². The van der Waals surface area contributed by atoms with Gasteiger partial charge in [-0.25, -0.2) is 4.39 Å². The zero-order chi connectivity index (χ0) is 16.5. The van der Waals surface area contributed by atoms with E-state index in [-0.39, 0.29) is 5.82 Å². The fraction of sp³-hybridized carbons (Fsp3) is 0.263. The molecule has 1 fully saturated rings. The Morgan fingerprint density at radius 2 is 1.62 bits per heavy atom. The van der Waals surface area contributed by atoms with E-state index in [1.54, 1.807) is 12.1 Å². The zero-order valence-electron chi connectivity index (χ0n) is 13.0. The highest BCUT2D eigenvalue weighted by Crippen LogP contribution is 2.34. The van der Waals surface area contributed by atoms with Crippen molar-refractivity contribution in [2.24, 2.45) is 0 Å². The maximum atomic E-state index is 13.1. The molecule has 2 heterocycles. The largest absolute Gasteiger partial charge is 0.381 e. The predicted octanol–water partition coefficient (Wildman–Crippen LogP) is 4.98.